The lowest BCUT2D eigenvalue weighted by Crippen LogP contribution is -2.19. The molecule has 1 N–H and O–H groups in total. The summed E-state index contributed by atoms with van der Waals surface area (Å²) in [5.74, 6) is 0.616. The number of nitrogens with one attached hydrogen (secondary N) is 1. The van der Waals surface area contributed by atoms with E-state index in [1.54, 1.807) is 0 Å². The van der Waals surface area contributed by atoms with Crippen LogP contribution in [-0.2, 0) is 29.4 Å². The molecule has 0 saturated carbocycles. The van der Waals surface area contributed by atoms with Gasteiger partial charge >= 0.3 is 6.01 Å². The molecule has 0 aliphatic carbocycles. The Hall–Kier alpha value is -2.61. The summed E-state index contributed by atoms with van der Waals surface area (Å²) >= 11 is 0. The Bertz CT molecular complexity index is 900. The minimum atomic E-state index is -3.81. The van der Waals surface area contributed by atoms with Crippen LogP contribution in [0.3, 0.4) is 0 Å². The molecule has 8 heteroatoms. The van der Waals surface area contributed by atoms with Gasteiger partial charge in [0.25, 0.3) is 10.0 Å². The van der Waals surface area contributed by atoms with Gasteiger partial charge in [0.1, 0.15) is 5.76 Å². The molecule has 0 radical (unpaired) electrons. The molecule has 0 unspecified atom stereocenters. The predicted molar refractivity (Wildman–Crippen MR) is 89.1 cm³/mol. The molecule has 0 atom stereocenters. The van der Waals surface area contributed by atoms with E-state index in [0.29, 0.717) is 25.1 Å². The zero-order chi connectivity index (χ0) is 17.0. The van der Waals surface area contributed by atoms with E-state index in [2.05, 4.69) is 14.8 Å². The van der Waals surface area contributed by atoms with Crippen LogP contribution >= 0.6 is 0 Å². The number of oxazole rings is 1. The van der Waals surface area contributed by atoms with Gasteiger partial charge in [0.05, 0.1) is 12.4 Å². The molecule has 0 amide bonds. The van der Waals surface area contributed by atoms with Gasteiger partial charge in [-0.05, 0) is 18.1 Å². The zero-order valence-electron chi connectivity index (χ0n) is 13.2. The molecule has 1 aromatic carbocycles. The van der Waals surface area contributed by atoms with E-state index in [4.69, 9.17) is 4.42 Å². The lowest BCUT2D eigenvalue weighted by atomic mass is 10.1. The summed E-state index contributed by atoms with van der Waals surface area (Å²) in [5.41, 5.74) is 1.12. The molecule has 0 aliphatic heterocycles. The van der Waals surface area contributed by atoms with Crippen molar-refractivity contribution in [3.63, 3.8) is 0 Å². The molecule has 3 aromatic rings. The fourth-order valence-corrected chi connectivity index (χ4v) is 3.37. The summed E-state index contributed by atoms with van der Waals surface area (Å²) in [5, 5.41) is 4.19. The van der Waals surface area contributed by atoms with E-state index in [0.717, 1.165) is 5.56 Å². The molecule has 0 fully saturated rings. The van der Waals surface area contributed by atoms with Gasteiger partial charge < -0.3 is 4.42 Å². The van der Waals surface area contributed by atoms with Crippen molar-refractivity contribution in [1.82, 2.24) is 14.8 Å². The summed E-state index contributed by atoms with van der Waals surface area (Å²) in [7, 11) is -3.81. The summed E-state index contributed by atoms with van der Waals surface area (Å²) in [6.45, 7) is 2.36. The minimum absolute atomic E-state index is 0.0392. The highest BCUT2D eigenvalue weighted by molar-refractivity contribution is 7.92. The smallest absolute Gasteiger partial charge is 0.309 e. The highest BCUT2D eigenvalue weighted by Gasteiger charge is 2.21. The van der Waals surface area contributed by atoms with Crippen LogP contribution in [0.1, 0.15) is 18.2 Å². The van der Waals surface area contributed by atoms with E-state index in [-0.39, 0.29) is 11.0 Å². The molecule has 0 saturated heterocycles. The standard InChI is InChI=1S/C16H18N4O3S/c1-2-14-12-17-16(23-14)19-24(21,22)15-8-10-18-20(15)11-9-13-6-4-3-5-7-13/h3-8,10,12H,2,9,11H2,1H3,(H,17,19). The van der Waals surface area contributed by atoms with Gasteiger partial charge in [-0.15, -0.1) is 0 Å². The van der Waals surface area contributed by atoms with Crippen LogP contribution in [-0.4, -0.2) is 23.2 Å². The van der Waals surface area contributed by atoms with Crippen molar-refractivity contribution in [2.75, 3.05) is 4.72 Å². The molecule has 0 bridgehead atoms. The number of anilines is 1. The summed E-state index contributed by atoms with van der Waals surface area (Å²) in [6, 6.07) is 11.2. The van der Waals surface area contributed by atoms with E-state index >= 15 is 0 Å². The van der Waals surface area contributed by atoms with E-state index in [9.17, 15) is 8.42 Å². The van der Waals surface area contributed by atoms with Crippen molar-refractivity contribution in [3.8, 4) is 0 Å². The van der Waals surface area contributed by atoms with Crippen LogP contribution in [0, 0.1) is 0 Å². The van der Waals surface area contributed by atoms with Crippen molar-refractivity contribution >= 4 is 16.0 Å². The Morgan fingerprint density at radius 2 is 2.00 bits per heavy atom. The largest absolute Gasteiger partial charge is 0.428 e. The quantitative estimate of drug-likeness (QED) is 0.710. The number of hydrogen-bond donors (Lipinski definition) is 1. The van der Waals surface area contributed by atoms with Gasteiger partial charge in [-0.25, -0.2) is 9.71 Å². The Balaban J connectivity index is 1.75. The van der Waals surface area contributed by atoms with Crippen LogP contribution in [0.2, 0.25) is 0 Å². The molecule has 2 aromatic heterocycles. The van der Waals surface area contributed by atoms with Crippen LogP contribution in [0.15, 0.2) is 58.2 Å². The van der Waals surface area contributed by atoms with Gasteiger partial charge in [-0.1, -0.05) is 37.3 Å². The maximum atomic E-state index is 12.5. The molecule has 24 heavy (non-hydrogen) atoms. The second kappa shape index (κ2) is 6.88. The number of aryl methyl sites for hydroxylation is 3. The number of benzene rings is 1. The summed E-state index contributed by atoms with van der Waals surface area (Å²) in [4.78, 5) is 3.92. The topological polar surface area (TPSA) is 90.0 Å². The summed E-state index contributed by atoms with van der Waals surface area (Å²) < 4.78 is 34.2. The van der Waals surface area contributed by atoms with Crippen LogP contribution in [0.5, 0.6) is 0 Å². The van der Waals surface area contributed by atoms with Crippen molar-refractivity contribution < 1.29 is 12.8 Å². The highest BCUT2D eigenvalue weighted by atomic mass is 32.2. The average molecular weight is 346 g/mol. The molecule has 126 valence electrons. The fraction of sp³-hybridized carbons (Fsp3) is 0.250. The van der Waals surface area contributed by atoms with E-state index in [1.165, 1.54) is 23.1 Å². The molecule has 3 rings (SSSR count). The van der Waals surface area contributed by atoms with Gasteiger partial charge in [-0.2, -0.15) is 13.5 Å². The van der Waals surface area contributed by atoms with Crippen molar-refractivity contribution in [2.45, 2.75) is 31.3 Å². The van der Waals surface area contributed by atoms with Crippen LogP contribution < -0.4 is 4.72 Å². The highest BCUT2D eigenvalue weighted by Crippen LogP contribution is 2.16. The molecule has 0 spiro atoms. The monoisotopic (exact) mass is 346 g/mol. The van der Waals surface area contributed by atoms with E-state index in [1.807, 2.05) is 37.3 Å². The fourth-order valence-electron chi connectivity index (χ4n) is 2.28. The molecule has 7 nitrogen and oxygen atoms in total. The zero-order valence-corrected chi connectivity index (χ0v) is 14.0. The third-order valence-corrected chi connectivity index (χ3v) is 4.87. The first kappa shape index (κ1) is 16.3. The third kappa shape index (κ3) is 3.65. The molecular weight excluding hydrogens is 328 g/mol. The van der Waals surface area contributed by atoms with Gasteiger partial charge in [-0.3, -0.25) is 4.68 Å². The SMILES string of the molecule is CCc1cnc(NS(=O)(=O)c2ccnn2CCc2ccccc2)o1. The van der Waals surface area contributed by atoms with Gasteiger partial charge in [0.15, 0.2) is 5.03 Å². The number of aromatic nitrogens is 3. The van der Waals surface area contributed by atoms with Crippen molar-refractivity contribution in [2.24, 2.45) is 0 Å². The first-order valence-electron chi connectivity index (χ1n) is 7.62. The van der Waals surface area contributed by atoms with Crippen LogP contribution in [0.25, 0.3) is 0 Å². The number of hydrogen-bond acceptors (Lipinski definition) is 5. The van der Waals surface area contributed by atoms with Crippen molar-refractivity contribution in [1.29, 1.82) is 0 Å². The number of sulfonamides is 1. The minimum Gasteiger partial charge on any atom is -0.428 e. The lowest BCUT2D eigenvalue weighted by Gasteiger charge is -2.08. The molecule has 2 heterocycles. The maximum Gasteiger partial charge on any atom is 0.309 e. The van der Waals surface area contributed by atoms with Gasteiger partial charge in [0, 0.05) is 13.0 Å². The molecule has 0 aliphatic rings. The second-order valence-corrected chi connectivity index (χ2v) is 6.85. The maximum absolute atomic E-state index is 12.5. The normalized spacial score (nSPS) is 11.5. The van der Waals surface area contributed by atoms with E-state index < -0.39 is 10.0 Å². The van der Waals surface area contributed by atoms with Crippen molar-refractivity contribution in [3.05, 3.63) is 60.1 Å². The number of rotatable bonds is 7. The predicted octanol–water partition coefficient (Wildman–Crippen LogP) is 2.48. The van der Waals surface area contributed by atoms with Crippen LogP contribution in [0.4, 0.5) is 6.01 Å². The van der Waals surface area contributed by atoms with Gasteiger partial charge in [0.2, 0.25) is 0 Å². The first-order chi connectivity index (χ1) is 11.6. The second-order valence-electron chi connectivity index (χ2n) is 5.22. The Morgan fingerprint density at radius 3 is 2.71 bits per heavy atom. The lowest BCUT2D eigenvalue weighted by molar-refractivity contribution is 0.520. The Morgan fingerprint density at radius 1 is 1.21 bits per heavy atom. The number of nitrogens with zero attached hydrogens (tertiary/aromatic N) is 3. The Labute approximate surface area is 140 Å². The first-order valence-corrected chi connectivity index (χ1v) is 9.10. The molecular formula is C16H18N4O3S. The summed E-state index contributed by atoms with van der Waals surface area (Å²) in [6.07, 6.45) is 4.30. The third-order valence-electron chi connectivity index (χ3n) is 3.53. The Kier molecular flexibility index (Phi) is 4.66. The average Bonchev–Trinajstić information content (AvgIpc) is 3.22.